The maximum absolute atomic E-state index is 10.9. The van der Waals surface area contributed by atoms with Crippen molar-refractivity contribution in [2.24, 2.45) is 0 Å². The minimum Gasteiger partial charge on any atom is -0.334 e. The fourth-order valence-electron chi connectivity index (χ4n) is 1.49. The van der Waals surface area contributed by atoms with Gasteiger partial charge in [-0.05, 0) is 12.6 Å². The van der Waals surface area contributed by atoms with Gasteiger partial charge in [-0.2, -0.15) is 4.98 Å². The summed E-state index contributed by atoms with van der Waals surface area (Å²) < 4.78 is 5.03. The van der Waals surface area contributed by atoms with Crippen LogP contribution in [0.2, 0.25) is 0 Å². The summed E-state index contributed by atoms with van der Waals surface area (Å²) in [5, 5.41) is 17.7. The summed E-state index contributed by atoms with van der Waals surface area (Å²) in [6.45, 7) is 3.22. The Kier molecular flexibility index (Phi) is 3.63. The number of hydrogen-bond donors (Lipinski definition) is 1. The molecule has 0 aliphatic carbocycles. The lowest BCUT2D eigenvalue weighted by Gasteiger charge is -1.96. The average Bonchev–Trinajstić information content (AvgIpc) is 2.85. The zero-order valence-corrected chi connectivity index (χ0v) is 9.79. The SMILES string of the molecule is CCNCc1noc(-c2ccccc2[N+](=O)[O-])n1. The summed E-state index contributed by atoms with van der Waals surface area (Å²) in [5.74, 6) is 0.639. The van der Waals surface area contributed by atoms with Crippen LogP contribution in [0.15, 0.2) is 28.8 Å². The zero-order valence-electron chi connectivity index (χ0n) is 9.79. The number of aromatic nitrogens is 2. The van der Waals surface area contributed by atoms with Crippen molar-refractivity contribution in [1.82, 2.24) is 15.5 Å². The maximum atomic E-state index is 10.9. The molecule has 0 bridgehead atoms. The predicted molar refractivity (Wildman–Crippen MR) is 63.8 cm³/mol. The smallest absolute Gasteiger partial charge is 0.282 e. The topological polar surface area (TPSA) is 94.1 Å². The van der Waals surface area contributed by atoms with Crippen molar-refractivity contribution < 1.29 is 9.45 Å². The summed E-state index contributed by atoms with van der Waals surface area (Å²) in [4.78, 5) is 14.5. The van der Waals surface area contributed by atoms with Crippen molar-refractivity contribution in [3.63, 3.8) is 0 Å². The second-order valence-corrected chi connectivity index (χ2v) is 3.57. The van der Waals surface area contributed by atoms with E-state index in [1.54, 1.807) is 18.2 Å². The first-order valence-corrected chi connectivity index (χ1v) is 5.49. The van der Waals surface area contributed by atoms with Gasteiger partial charge in [0.05, 0.1) is 11.5 Å². The first kappa shape index (κ1) is 12.2. The molecule has 0 spiro atoms. The van der Waals surface area contributed by atoms with Gasteiger partial charge in [-0.1, -0.05) is 24.2 Å². The number of rotatable bonds is 5. The molecule has 0 saturated heterocycles. The Morgan fingerprint density at radius 3 is 2.94 bits per heavy atom. The van der Waals surface area contributed by atoms with Crippen LogP contribution >= 0.6 is 0 Å². The molecule has 0 unspecified atom stereocenters. The fraction of sp³-hybridized carbons (Fsp3) is 0.273. The Hall–Kier alpha value is -2.28. The van der Waals surface area contributed by atoms with Gasteiger partial charge in [-0.3, -0.25) is 10.1 Å². The van der Waals surface area contributed by atoms with Crippen molar-refractivity contribution >= 4 is 5.69 Å². The first-order valence-electron chi connectivity index (χ1n) is 5.49. The molecule has 1 aromatic carbocycles. The highest BCUT2D eigenvalue weighted by atomic mass is 16.6. The molecule has 1 heterocycles. The normalized spacial score (nSPS) is 10.5. The molecule has 7 heteroatoms. The summed E-state index contributed by atoms with van der Waals surface area (Å²) in [6, 6.07) is 6.28. The van der Waals surface area contributed by atoms with E-state index in [9.17, 15) is 10.1 Å². The molecule has 1 aromatic heterocycles. The molecule has 18 heavy (non-hydrogen) atoms. The van der Waals surface area contributed by atoms with E-state index in [1.165, 1.54) is 6.07 Å². The van der Waals surface area contributed by atoms with E-state index in [0.29, 0.717) is 17.9 Å². The van der Waals surface area contributed by atoms with Crippen LogP contribution in [0.4, 0.5) is 5.69 Å². The van der Waals surface area contributed by atoms with Crippen LogP contribution in [-0.2, 0) is 6.54 Å². The Labute approximate surface area is 103 Å². The van der Waals surface area contributed by atoms with E-state index in [1.807, 2.05) is 6.92 Å². The molecule has 0 atom stereocenters. The van der Waals surface area contributed by atoms with E-state index in [2.05, 4.69) is 15.5 Å². The number of nitro groups is 1. The van der Waals surface area contributed by atoms with Crippen molar-refractivity contribution in [1.29, 1.82) is 0 Å². The summed E-state index contributed by atoms with van der Waals surface area (Å²) in [6.07, 6.45) is 0. The molecule has 2 rings (SSSR count). The Balaban J connectivity index is 2.31. The standard InChI is InChI=1S/C11H12N4O3/c1-2-12-7-10-13-11(18-14-10)8-5-3-4-6-9(8)15(16)17/h3-6,12H,2,7H2,1H3. The predicted octanol–water partition coefficient (Wildman–Crippen LogP) is 1.75. The number of nitrogens with one attached hydrogen (secondary N) is 1. The number of nitro benzene ring substituents is 1. The quantitative estimate of drug-likeness (QED) is 0.640. The molecule has 0 saturated carbocycles. The molecule has 0 fully saturated rings. The van der Waals surface area contributed by atoms with Gasteiger partial charge < -0.3 is 9.84 Å². The second kappa shape index (κ2) is 5.37. The van der Waals surface area contributed by atoms with Gasteiger partial charge in [0.25, 0.3) is 11.6 Å². The van der Waals surface area contributed by atoms with Gasteiger partial charge >= 0.3 is 0 Å². The number of para-hydroxylation sites is 1. The second-order valence-electron chi connectivity index (χ2n) is 3.57. The lowest BCUT2D eigenvalue weighted by atomic mass is 10.2. The Morgan fingerprint density at radius 1 is 1.44 bits per heavy atom. The highest BCUT2D eigenvalue weighted by Crippen LogP contribution is 2.27. The molecule has 0 radical (unpaired) electrons. The van der Waals surface area contributed by atoms with Crippen LogP contribution in [0.1, 0.15) is 12.7 Å². The molecule has 0 amide bonds. The molecule has 0 aliphatic rings. The van der Waals surface area contributed by atoms with Crippen molar-refractivity contribution in [2.75, 3.05) is 6.54 Å². The van der Waals surface area contributed by atoms with E-state index >= 15 is 0 Å². The van der Waals surface area contributed by atoms with Gasteiger partial charge in [0.15, 0.2) is 5.82 Å². The number of hydrogen-bond acceptors (Lipinski definition) is 6. The van der Waals surface area contributed by atoms with Gasteiger partial charge in [-0.25, -0.2) is 0 Å². The molecule has 1 N–H and O–H groups in total. The first-order chi connectivity index (χ1) is 8.72. The lowest BCUT2D eigenvalue weighted by Crippen LogP contribution is -2.12. The maximum Gasteiger partial charge on any atom is 0.282 e. The highest BCUT2D eigenvalue weighted by molar-refractivity contribution is 5.66. The third-order valence-electron chi connectivity index (χ3n) is 2.33. The van der Waals surface area contributed by atoms with Crippen LogP contribution in [-0.4, -0.2) is 21.6 Å². The fourth-order valence-corrected chi connectivity index (χ4v) is 1.49. The molecule has 94 valence electrons. The van der Waals surface area contributed by atoms with Gasteiger partial charge in [-0.15, -0.1) is 0 Å². The van der Waals surface area contributed by atoms with Crippen molar-refractivity contribution in [2.45, 2.75) is 13.5 Å². The van der Waals surface area contributed by atoms with Crippen molar-refractivity contribution in [3.8, 4) is 11.5 Å². The van der Waals surface area contributed by atoms with E-state index in [-0.39, 0.29) is 11.6 Å². The summed E-state index contributed by atoms with van der Waals surface area (Å²) in [7, 11) is 0. The minimum absolute atomic E-state index is 0.0452. The molecular formula is C11H12N4O3. The third kappa shape index (κ3) is 2.51. The lowest BCUT2D eigenvalue weighted by molar-refractivity contribution is -0.384. The van der Waals surface area contributed by atoms with Crippen LogP contribution in [0.25, 0.3) is 11.5 Å². The number of benzene rings is 1. The van der Waals surface area contributed by atoms with E-state index in [4.69, 9.17) is 4.52 Å². The average molecular weight is 248 g/mol. The molecule has 7 nitrogen and oxygen atoms in total. The largest absolute Gasteiger partial charge is 0.334 e. The number of nitrogens with zero attached hydrogens (tertiary/aromatic N) is 3. The van der Waals surface area contributed by atoms with Gasteiger partial charge in [0, 0.05) is 6.07 Å². The van der Waals surface area contributed by atoms with Crippen LogP contribution in [0, 0.1) is 10.1 Å². The van der Waals surface area contributed by atoms with Crippen molar-refractivity contribution in [3.05, 3.63) is 40.2 Å². The van der Waals surface area contributed by atoms with E-state index in [0.717, 1.165) is 6.54 Å². The minimum atomic E-state index is -0.469. The molecule has 0 aliphatic heterocycles. The monoisotopic (exact) mass is 248 g/mol. The van der Waals surface area contributed by atoms with Gasteiger partial charge in [0.1, 0.15) is 5.56 Å². The zero-order chi connectivity index (χ0) is 13.0. The Morgan fingerprint density at radius 2 is 2.22 bits per heavy atom. The summed E-state index contributed by atoms with van der Waals surface area (Å²) >= 11 is 0. The van der Waals surface area contributed by atoms with Crippen LogP contribution in [0.3, 0.4) is 0 Å². The van der Waals surface area contributed by atoms with E-state index < -0.39 is 4.92 Å². The summed E-state index contributed by atoms with van der Waals surface area (Å²) in [5.41, 5.74) is 0.286. The van der Waals surface area contributed by atoms with Gasteiger partial charge in [0.2, 0.25) is 0 Å². The Bertz CT molecular complexity index is 553. The highest BCUT2D eigenvalue weighted by Gasteiger charge is 2.19. The molecular weight excluding hydrogens is 236 g/mol. The van der Waals surface area contributed by atoms with Crippen LogP contribution in [0.5, 0.6) is 0 Å². The molecule has 2 aromatic rings. The van der Waals surface area contributed by atoms with Crippen LogP contribution < -0.4 is 5.32 Å². The third-order valence-corrected chi connectivity index (χ3v) is 2.33.